The smallest absolute Gasteiger partial charge is 0.0668 e. The number of hydrogen-bond donors (Lipinski definition) is 2. The van der Waals surface area contributed by atoms with Crippen molar-refractivity contribution in [2.24, 2.45) is 0 Å². The predicted octanol–water partition coefficient (Wildman–Crippen LogP) is 1.70. The molecule has 1 atom stereocenters. The Morgan fingerprint density at radius 1 is 1.33 bits per heavy atom. The highest BCUT2D eigenvalue weighted by atomic mass is 16.5. The maximum Gasteiger partial charge on any atom is 0.0668 e. The van der Waals surface area contributed by atoms with Gasteiger partial charge in [0, 0.05) is 12.6 Å². The number of aliphatic hydroxyl groups is 1. The molecular formula is C12H25NO2. The maximum absolute atomic E-state index is 9.40. The minimum Gasteiger partial charge on any atom is -0.394 e. The van der Waals surface area contributed by atoms with E-state index >= 15 is 0 Å². The van der Waals surface area contributed by atoms with Gasteiger partial charge in [-0.1, -0.05) is 19.3 Å². The Labute approximate surface area is 93.2 Å². The number of ether oxygens (including phenoxy) is 1. The van der Waals surface area contributed by atoms with Crippen LogP contribution >= 0.6 is 0 Å². The normalized spacial score (nSPS) is 22.6. The molecule has 1 saturated carbocycles. The Balaban J connectivity index is 2.35. The summed E-state index contributed by atoms with van der Waals surface area (Å²) < 4.78 is 5.41. The van der Waals surface area contributed by atoms with Crippen molar-refractivity contribution >= 4 is 0 Å². The number of nitrogens with one attached hydrogen (secondary N) is 1. The Bertz CT molecular complexity index is 169. The summed E-state index contributed by atoms with van der Waals surface area (Å²) in [5.41, 5.74) is -0.266. The summed E-state index contributed by atoms with van der Waals surface area (Å²) in [6.45, 7) is 5.47. The van der Waals surface area contributed by atoms with Gasteiger partial charge in [-0.25, -0.2) is 0 Å². The number of rotatable bonds is 6. The molecule has 0 saturated heterocycles. The molecule has 1 fully saturated rings. The summed E-state index contributed by atoms with van der Waals surface area (Å²) in [4.78, 5) is 0. The molecule has 15 heavy (non-hydrogen) atoms. The van der Waals surface area contributed by atoms with E-state index in [1.54, 1.807) is 0 Å². The monoisotopic (exact) mass is 215 g/mol. The van der Waals surface area contributed by atoms with Crippen LogP contribution in [0.25, 0.3) is 0 Å². The van der Waals surface area contributed by atoms with Gasteiger partial charge >= 0.3 is 0 Å². The minimum atomic E-state index is -0.266. The third-order valence-corrected chi connectivity index (χ3v) is 3.13. The van der Waals surface area contributed by atoms with E-state index in [0.29, 0.717) is 19.3 Å². The van der Waals surface area contributed by atoms with Gasteiger partial charge in [0.2, 0.25) is 0 Å². The fraction of sp³-hybridized carbons (Fsp3) is 1.00. The van der Waals surface area contributed by atoms with Gasteiger partial charge in [0.05, 0.1) is 18.8 Å². The van der Waals surface area contributed by atoms with Crippen LogP contribution in [0.5, 0.6) is 0 Å². The molecule has 0 amide bonds. The zero-order chi connectivity index (χ0) is 11.1. The number of aliphatic hydroxyl groups excluding tert-OH is 1. The van der Waals surface area contributed by atoms with Gasteiger partial charge in [-0.05, 0) is 26.7 Å². The Morgan fingerprint density at radius 3 is 2.53 bits per heavy atom. The maximum atomic E-state index is 9.40. The van der Waals surface area contributed by atoms with E-state index in [1.165, 1.54) is 32.1 Å². The molecule has 1 aliphatic rings. The van der Waals surface area contributed by atoms with Gasteiger partial charge < -0.3 is 15.2 Å². The van der Waals surface area contributed by atoms with Crippen molar-refractivity contribution in [2.75, 3.05) is 19.8 Å². The van der Waals surface area contributed by atoms with Crippen LogP contribution < -0.4 is 5.32 Å². The second-order valence-electron chi connectivity index (χ2n) is 4.84. The SMILES string of the molecule is CCOCC(C)(CO)NC1CCCCC1. The molecule has 1 aliphatic carbocycles. The van der Waals surface area contributed by atoms with Crippen molar-refractivity contribution in [1.29, 1.82) is 0 Å². The second kappa shape index (κ2) is 6.46. The van der Waals surface area contributed by atoms with Crippen molar-refractivity contribution < 1.29 is 9.84 Å². The molecule has 1 rings (SSSR count). The lowest BCUT2D eigenvalue weighted by Gasteiger charge is -2.35. The molecule has 3 heteroatoms. The first-order valence-corrected chi connectivity index (χ1v) is 6.16. The molecule has 0 aliphatic heterocycles. The summed E-state index contributed by atoms with van der Waals surface area (Å²) in [5.74, 6) is 0. The van der Waals surface area contributed by atoms with Gasteiger partial charge in [0.25, 0.3) is 0 Å². The van der Waals surface area contributed by atoms with E-state index in [-0.39, 0.29) is 12.1 Å². The van der Waals surface area contributed by atoms with Gasteiger partial charge in [-0.3, -0.25) is 0 Å². The molecule has 3 nitrogen and oxygen atoms in total. The van der Waals surface area contributed by atoms with Gasteiger partial charge in [-0.15, -0.1) is 0 Å². The first-order chi connectivity index (χ1) is 7.20. The fourth-order valence-electron chi connectivity index (χ4n) is 2.20. The largest absolute Gasteiger partial charge is 0.394 e. The van der Waals surface area contributed by atoms with E-state index in [4.69, 9.17) is 4.74 Å². The fourth-order valence-corrected chi connectivity index (χ4v) is 2.20. The second-order valence-corrected chi connectivity index (χ2v) is 4.84. The molecule has 0 spiro atoms. The van der Waals surface area contributed by atoms with E-state index < -0.39 is 0 Å². The van der Waals surface area contributed by atoms with Gasteiger partial charge in [0.15, 0.2) is 0 Å². The predicted molar refractivity (Wildman–Crippen MR) is 62.0 cm³/mol. The highest BCUT2D eigenvalue weighted by Crippen LogP contribution is 2.20. The van der Waals surface area contributed by atoms with Crippen molar-refractivity contribution in [2.45, 2.75) is 57.5 Å². The molecule has 90 valence electrons. The third-order valence-electron chi connectivity index (χ3n) is 3.13. The number of hydrogen-bond acceptors (Lipinski definition) is 3. The Morgan fingerprint density at radius 2 is 2.00 bits per heavy atom. The van der Waals surface area contributed by atoms with E-state index in [2.05, 4.69) is 5.32 Å². The van der Waals surface area contributed by atoms with Crippen LogP contribution in [-0.4, -0.2) is 36.5 Å². The van der Waals surface area contributed by atoms with Crippen LogP contribution in [0, 0.1) is 0 Å². The molecule has 0 bridgehead atoms. The zero-order valence-electron chi connectivity index (χ0n) is 10.1. The summed E-state index contributed by atoms with van der Waals surface area (Å²) >= 11 is 0. The average molecular weight is 215 g/mol. The average Bonchev–Trinajstić information content (AvgIpc) is 2.28. The topological polar surface area (TPSA) is 41.5 Å². The standard InChI is InChI=1S/C12H25NO2/c1-3-15-10-12(2,9-14)13-11-7-5-4-6-8-11/h11,13-14H,3-10H2,1-2H3. The highest BCUT2D eigenvalue weighted by molar-refractivity contribution is 4.87. The molecule has 2 N–H and O–H groups in total. The molecule has 0 aromatic rings. The molecular weight excluding hydrogens is 190 g/mol. The third kappa shape index (κ3) is 4.49. The van der Waals surface area contributed by atoms with Crippen LogP contribution in [0.1, 0.15) is 46.0 Å². The van der Waals surface area contributed by atoms with Gasteiger partial charge in [-0.2, -0.15) is 0 Å². The van der Waals surface area contributed by atoms with Crippen LogP contribution in [0.3, 0.4) is 0 Å². The van der Waals surface area contributed by atoms with E-state index in [9.17, 15) is 5.11 Å². The van der Waals surface area contributed by atoms with Crippen LogP contribution in [0.4, 0.5) is 0 Å². The van der Waals surface area contributed by atoms with E-state index in [0.717, 1.165) is 0 Å². The lowest BCUT2D eigenvalue weighted by molar-refractivity contribution is 0.0410. The molecule has 0 heterocycles. The summed E-state index contributed by atoms with van der Waals surface area (Å²) in [5, 5.41) is 12.9. The lowest BCUT2D eigenvalue weighted by atomic mass is 9.92. The first-order valence-electron chi connectivity index (χ1n) is 6.16. The molecule has 1 unspecified atom stereocenters. The molecule has 0 aromatic heterocycles. The summed E-state index contributed by atoms with van der Waals surface area (Å²) in [6.07, 6.45) is 6.46. The highest BCUT2D eigenvalue weighted by Gasteiger charge is 2.27. The molecule has 0 aromatic carbocycles. The van der Waals surface area contributed by atoms with Crippen molar-refractivity contribution in [3.05, 3.63) is 0 Å². The van der Waals surface area contributed by atoms with Crippen molar-refractivity contribution in [3.63, 3.8) is 0 Å². The zero-order valence-corrected chi connectivity index (χ0v) is 10.1. The first kappa shape index (κ1) is 12.9. The molecule has 0 radical (unpaired) electrons. The van der Waals surface area contributed by atoms with Crippen molar-refractivity contribution in [1.82, 2.24) is 5.32 Å². The summed E-state index contributed by atoms with van der Waals surface area (Å²) in [6, 6.07) is 0.566. The van der Waals surface area contributed by atoms with E-state index in [1.807, 2.05) is 13.8 Å². The van der Waals surface area contributed by atoms with Crippen molar-refractivity contribution in [3.8, 4) is 0 Å². The van der Waals surface area contributed by atoms with Crippen LogP contribution in [-0.2, 0) is 4.74 Å². The van der Waals surface area contributed by atoms with Crippen LogP contribution in [0.15, 0.2) is 0 Å². The van der Waals surface area contributed by atoms with Crippen LogP contribution in [0.2, 0.25) is 0 Å². The summed E-state index contributed by atoms with van der Waals surface area (Å²) in [7, 11) is 0. The minimum absolute atomic E-state index is 0.142. The Hall–Kier alpha value is -0.120. The quantitative estimate of drug-likeness (QED) is 0.708. The lowest BCUT2D eigenvalue weighted by Crippen LogP contribution is -2.54. The van der Waals surface area contributed by atoms with Gasteiger partial charge in [0.1, 0.15) is 0 Å². The Kier molecular flexibility index (Phi) is 5.58.